The number of hydrogen-bond donors (Lipinski definition) is 3. The molecule has 0 bridgehead atoms. The molecule has 2 amide bonds. The number of carbonyl (C=O) groups excluding carboxylic acids is 3. The zero-order chi connectivity index (χ0) is 37.1. The molecular weight excluding hydrogens is 656 g/mol. The SMILES string of the molecule is CC(C)(C)OC(=O)CC(CCCc1ccc(-c2ccc([N+](=O)[O-])cc2)cc1)C(=O)NC(Cc1c[nH]c2ccccc12)C(=O)NCCc1ccccc1. The minimum absolute atomic E-state index is 0.0401. The van der Waals surface area contributed by atoms with E-state index in [-0.39, 0.29) is 30.3 Å². The molecule has 0 radical (unpaired) electrons. The van der Waals surface area contributed by atoms with Crippen LogP contribution in [0.2, 0.25) is 0 Å². The Bertz CT molecular complexity index is 1960. The van der Waals surface area contributed by atoms with Crippen LogP contribution in [0.1, 0.15) is 56.7 Å². The molecule has 2 atom stereocenters. The molecule has 10 nitrogen and oxygen atoms in total. The topological polar surface area (TPSA) is 143 Å². The lowest BCUT2D eigenvalue weighted by atomic mass is 9.94. The quantitative estimate of drug-likeness (QED) is 0.0552. The summed E-state index contributed by atoms with van der Waals surface area (Å²) in [5.41, 5.74) is 5.13. The summed E-state index contributed by atoms with van der Waals surface area (Å²) in [6.45, 7) is 5.78. The van der Waals surface area contributed by atoms with Gasteiger partial charge in [-0.05, 0) is 92.5 Å². The summed E-state index contributed by atoms with van der Waals surface area (Å²) in [6.07, 6.45) is 4.36. The maximum Gasteiger partial charge on any atom is 0.307 e. The predicted octanol–water partition coefficient (Wildman–Crippen LogP) is 7.50. The van der Waals surface area contributed by atoms with E-state index in [4.69, 9.17) is 4.74 Å². The van der Waals surface area contributed by atoms with E-state index in [1.807, 2.05) is 85.1 Å². The fraction of sp³-hybridized carbons (Fsp3) is 0.310. The molecular formula is C42H46N4O6. The standard InChI is InChI=1S/C42H46N4O6/c1-42(2,3)52-39(47)27-33(13-9-12-30-16-18-31(19-17-30)32-20-22-35(23-21-32)46(50)51)40(48)45-38(26-34-28-44-37-15-8-7-14-36(34)37)41(49)43-25-24-29-10-5-4-6-11-29/h4-8,10-11,14-23,28,33,38,44H,9,12-13,24-27H2,1-3H3,(H,43,49)(H,45,48). The number of rotatable bonds is 16. The minimum Gasteiger partial charge on any atom is -0.460 e. The van der Waals surface area contributed by atoms with Gasteiger partial charge in [0, 0.05) is 48.1 Å². The lowest BCUT2D eigenvalue weighted by Gasteiger charge is -2.24. The van der Waals surface area contributed by atoms with Crippen molar-refractivity contribution in [1.82, 2.24) is 15.6 Å². The largest absolute Gasteiger partial charge is 0.460 e. The zero-order valence-electron chi connectivity index (χ0n) is 29.9. The average Bonchev–Trinajstić information content (AvgIpc) is 3.53. The number of aromatic amines is 1. The Morgan fingerprint density at radius 1 is 0.808 bits per heavy atom. The highest BCUT2D eigenvalue weighted by molar-refractivity contribution is 5.91. The van der Waals surface area contributed by atoms with Crippen molar-refractivity contribution in [3.63, 3.8) is 0 Å². The van der Waals surface area contributed by atoms with Crippen LogP contribution in [-0.4, -0.2) is 45.9 Å². The van der Waals surface area contributed by atoms with Crippen molar-refractivity contribution in [2.75, 3.05) is 6.54 Å². The van der Waals surface area contributed by atoms with E-state index < -0.39 is 28.5 Å². The highest BCUT2D eigenvalue weighted by atomic mass is 16.6. The highest BCUT2D eigenvalue weighted by Gasteiger charge is 2.29. The average molecular weight is 703 g/mol. The van der Waals surface area contributed by atoms with Gasteiger partial charge in [0.2, 0.25) is 11.8 Å². The van der Waals surface area contributed by atoms with Gasteiger partial charge in [-0.2, -0.15) is 0 Å². The first-order valence-corrected chi connectivity index (χ1v) is 17.7. The van der Waals surface area contributed by atoms with Crippen molar-refractivity contribution in [2.24, 2.45) is 5.92 Å². The molecule has 0 saturated carbocycles. The zero-order valence-corrected chi connectivity index (χ0v) is 29.9. The molecule has 0 aliphatic heterocycles. The Labute approximate surface area is 304 Å². The van der Waals surface area contributed by atoms with Crippen molar-refractivity contribution in [3.05, 3.63) is 136 Å². The van der Waals surface area contributed by atoms with Gasteiger partial charge < -0.3 is 20.4 Å². The lowest BCUT2D eigenvalue weighted by molar-refractivity contribution is -0.384. The monoisotopic (exact) mass is 702 g/mol. The summed E-state index contributed by atoms with van der Waals surface area (Å²) >= 11 is 0. The molecule has 0 aliphatic carbocycles. The normalized spacial score (nSPS) is 12.5. The fourth-order valence-electron chi connectivity index (χ4n) is 6.22. The molecule has 0 aliphatic rings. The van der Waals surface area contributed by atoms with Crippen LogP contribution in [0.5, 0.6) is 0 Å². The van der Waals surface area contributed by atoms with Crippen molar-refractivity contribution < 1.29 is 24.0 Å². The van der Waals surface area contributed by atoms with Crippen molar-refractivity contribution in [3.8, 4) is 11.1 Å². The summed E-state index contributed by atoms with van der Waals surface area (Å²) in [6, 6.07) is 31.2. The van der Waals surface area contributed by atoms with Gasteiger partial charge in [0.05, 0.1) is 11.3 Å². The van der Waals surface area contributed by atoms with Gasteiger partial charge in [-0.3, -0.25) is 24.5 Å². The number of nitrogens with one attached hydrogen (secondary N) is 3. The molecule has 1 heterocycles. The van der Waals surface area contributed by atoms with Gasteiger partial charge in [0.15, 0.2) is 0 Å². The molecule has 0 spiro atoms. The molecule has 5 rings (SSSR count). The molecule has 270 valence electrons. The number of aromatic nitrogens is 1. The number of nitrogens with zero attached hydrogens (tertiary/aromatic N) is 1. The van der Waals surface area contributed by atoms with Crippen LogP contribution in [0.15, 0.2) is 109 Å². The Morgan fingerprint density at radius 3 is 2.12 bits per heavy atom. The third kappa shape index (κ3) is 10.9. The summed E-state index contributed by atoms with van der Waals surface area (Å²) < 4.78 is 5.60. The highest BCUT2D eigenvalue weighted by Crippen LogP contribution is 2.25. The third-order valence-electron chi connectivity index (χ3n) is 8.87. The maximum absolute atomic E-state index is 14.0. The summed E-state index contributed by atoms with van der Waals surface area (Å²) in [5, 5.41) is 18.0. The number of carbonyl (C=O) groups is 3. The number of H-pyrrole nitrogens is 1. The molecule has 0 saturated heterocycles. The van der Waals surface area contributed by atoms with E-state index in [2.05, 4.69) is 15.6 Å². The number of benzene rings is 4. The number of aryl methyl sites for hydroxylation is 1. The summed E-state index contributed by atoms with van der Waals surface area (Å²) in [7, 11) is 0. The van der Waals surface area contributed by atoms with E-state index in [9.17, 15) is 24.5 Å². The van der Waals surface area contributed by atoms with E-state index in [0.717, 1.165) is 38.7 Å². The third-order valence-corrected chi connectivity index (χ3v) is 8.87. The first-order chi connectivity index (χ1) is 24.9. The Hall–Kier alpha value is -5.77. The number of para-hydroxylation sites is 1. The number of esters is 1. The van der Waals surface area contributed by atoms with E-state index in [1.165, 1.54) is 12.1 Å². The molecule has 0 fully saturated rings. The minimum atomic E-state index is -0.865. The number of ether oxygens (including phenoxy) is 1. The van der Waals surface area contributed by atoms with Gasteiger partial charge >= 0.3 is 5.97 Å². The second-order valence-corrected chi connectivity index (χ2v) is 14.0. The molecule has 4 aromatic carbocycles. The molecule has 1 aromatic heterocycles. The Balaban J connectivity index is 1.28. The van der Waals surface area contributed by atoms with Crippen molar-refractivity contribution in [1.29, 1.82) is 0 Å². The Kier molecular flexibility index (Phi) is 12.6. The van der Waals surface area contributed by atoms with Crippen LogP contribution >= 0.6 is 0 Å². The van der Waals surface area contributed by atoms with Crippen LogP contribution < -0.4 is 10.6 Å². The van der Waals surface area contributed by atoms with Crippen LogP contribution in [0.3, 0.4) is 0 Å². The van der Waals surface area contributed by atoms with Crippen LogP contribution in [-0.2, 0) is 38.4 Å². The second-order valence-electron chi connectivity index (χ2n) is 14.0. The Morgan fingerprint density at radius 2 is 1.44 bits per heavy atom. The lowest BCUT2D eigenvalue weighted by Crippen LogP contribution is -2.50. The van der Waals surface area contributed by atoms with E-state index >= 15 is 0 Å². The molecule has 5 aromatic rings. The van der Waals surface area contributed by atoms with E-state index in [1.54, 1.807) is 32.9 Å². The number of nitro groups is 1. The van der Waals surface area contributed by atoms with Gasteiger partial charge in [-0.15, -0.1) is 0 Å². The van der Waals surface area contributed by atoms with Crippen LogP contribution in [0.25, 0.3) is 22.0 Å². The van der Waals surface area contributed by atoms with Crippen molar-refractivity contribution >= 4 is 34.4 Å². The molecule has 2 unspecified atom stereocenters. The predicted molar refractivity (Wildman–Crippen MR) is 203 cm³/mol. The first kappa shape index (κ1) is 37.5. The van der Waals surface area contributed by atoms with E-state index in [0.29, 0.717) is 32.2 Å². The molecule has 10 heteroatoms. The number of non-ortho nitro benzene ring substituents is 1. The van der Waals surface area contributed by atoms with Crippen molar-refractivity contribution in [2.45, 2.75) is 70.9 Å². The van der Waals surface area contributed by atoms with Gasteiger partial charge in [-0.1, -0.05) is 72.8 Å². The number of amides is 2. The maximum atomic E-state index is 14.0. The molecule has 52 heavy (non-hydrogen) atoms. The fourth-order valence-corrected chi connectivity index (χ4v) is 6.22. The summed E-state index contributed by atoms with van der Waals surface area (Å²) in [4.78, 5) is 54.5. The number of hydrogen-bond acceptors (Lipinski definition) is 6. The van der Waals surface area contributed by atoms with Crippen LogP contribution in [0.4, 0.5) is 5.69 Å². The smallest absolute Gasteiger partial charge is 0.307 e. The number of nitro benzene ring substituents is 1. The van der Waals surface area contributed by atoms with Gasteiger partial charge in [0.25, 0.3) is 5.69 Å². The second kappa shape index (κ2) is 17.4. The number of fused-ring (bicyclic) bond motifs is 1. The van der Waals surface area contributed by atoms with Gasteiger partial charge in [-0.25, -0.2) is 0 Å². The molecule has 3 N–H and O–H groups in total. The van der Waals surface area contributed by atoms with Crippen LogP contribution in [0, 0.1) is 16.0 Å². The first-order valence-electron chi connectivity index (χ1n) is 17.7. The van der Waals surface area contributed by atoms with Gasteiger partial charge in [0.1, 0.15) is 11.6 Å². The summed E-state index contributed by atoms with van der Waals surface area (Å²) in [5.74, 6) is -1.85.